The number of hydrogen-bond acceptors (Lipinski definition) is 8. The Kier molecular flexibility index (Phi) is 14.6. The van der Waals surface area contributed by atoms with Crippen LogP contribution in [0.25, 0.3) is 0 Å². The molecule has 0 radical (unpaired) electrons. The summed E-state index contributed by atoms with van der Waals surface area (Å²) in [5.41, 5.74) is 3.27. The fourth-order valence-corrected chi connectivity index (χ4v) is 3.84. The van der Waals surface area contributed by atoms with E-state index in [0.29, 0.717) is 17.8 Å². The predicted molar refractivity (Wildman–Crippen MR) is 146 cm³/mol. The molecule has 198 valence electrons. The molecule has 0 saturated heterocycles. The predicted octanol–water partition coefficient (Wildman–Crippen LogP) is 5.06. The van der Waals surface area contributed by atoms with Gasteiger partial charge in [-0.15, -0.1) is 11.3 Å². The first kappa shape index (κ1) is 31.2. The zero-order chi connectivity index (χ0) is 27.1. The number of aromatic nitrogens is 1. The van der Waals surface area contributed by atoms with Crippen LogP contribution < -0.4 is 0 Å². The van der Waals surface area contributed by atoms with Gasteiger partial charge < -0.3 is 19.5 Å². The third kappa shape index (κ3) is 13.9. The Labute approximate surface area is 219 Å². The van der Waals surface area contributed by atoms with Crippen LogP contribution in [0.2, 0.25) is 0 Å². The van der Waals surface area contributed by atoms with Gasteiger partial charge in [-0.1, -0.05) is 47.1 Å². The molecule has 36 heavy (non-hydrogen) atoms. The van der Waals surface area contributed by atoms with Gasteiger partial charge in [0.1, 0.15) is 6.10 Å². The standard InChI is InChI=1S/C28H40N2O5S/c1-8-34-28(33)25-19-36-26(29-25)18-24(17-22(4)13-12-20(2)14-15-30(6)7)35-27(32)11-9-10-21(3)16-23(5)31/h9-14,17,19,23-24,31H,8,15-16,18H2,1-7H3/t23-,24?/m0/s1. The summed E-state index contributed by atoms with van der Waals surface area (Å²) < 4.78 is 10.7. The quantitative estimate of drug-likeness (QED) is 0.210. The van der Waals surface area contributed by atoms with Crippen LogP contribution in [-0.4, -0.2) is 66.4 Å². The van der Waals surface area contributed by atoms with E-state index >= 15 is 0 Å². The number of likely N-dealkylation sites (N-methyl/N-ethyl adjacent to an activating group) is 1. The summed E-state index contributed by atoms with van der Waals surface area (Å²) >= 11 is 1.33. The lowest BCUT2D eigenvalue weighted by Gasteiger charge is -2.13. The lowest BCUT2D eigenvalue weighted by Crippen LogP contribution is -2.18. The summed E-state index contributed by atoms with van der Waals surface area (Å²) in [6, 6.07) is 0. The van der Waals surface area contributed by atoms with Crippen molar-refractivity contribution in [3.05, 3.63) is 75.3 Å². The first-order chi connectivity index (χ1) is 17.0. The summed E-state index contributed by atoms with van der Waals surface area (Å²) in [5, 5.41) is 11.8. The highest BCUT2D eigenvalue weighted by atomic mass is 32.1. The van der Waals surface area contributed by atoms with E-state index in [1.165, 1.54) is 17.4 Å². The lowest BCUT2D eigenvalue weighted by molar-refractivity contribution is -0.140. The minimum atomic E-state index is -0.568. The van der Waals surface area contributed by atoms with Gasteiger partial charge in [-0.3, -0.25) is 0 Å². The molecule has 1 rings (SSSR count). The number of nitrogens with zero attached hydrogens (tertiary/aromatic N) is 2. The molecule has 0 aliphatic heterocycles. The van der Waals surface area contributed by atoms with Crippen molar-refractivity contribution in [3.63, 3.8) is 0 Å². The molecular formula is C28H40N2O5S. The SMILES string of the molecule is CCOC(=O)c1csc(CC(C=C(C)C=CC(C)=CCN(C)C)OC(=O)C=CC=C(C)C[C@H](C)O)n1. The molecule has 0 saturated carbocycles. The molecule has 2 atom stereocenters. The zero-order valence-corrected chi connectivity index (χ0v) is 23.3. The van der Waals surface area contributed by atoms with E-state index in [9.17, 15) is 14.7 Å². The number of hydrogen-bond donors (Lipinski definition) is 1. The van der Waals surface area contributed by atoms with E-state index in [1.54, 1.807) is 31.4 Å². The topological polar surface area (TPSA) is 89.0 Å². The summed E-state index contributed by atoms with van der Waals surface area (Å²) in [5.74, 6) is -0.955. The number of aliphatic hydroxyl groups excluding tert-OH is 1. The maximum Gasteiger partial charge on any atom is 0.357 e. The number of ether oxygens (including phenoxy) is 2. The van der Waals surface area contributed by atoms with Crippen LogP contribution in [-0.2, 0) is 20.7 Å². The maximum absolute atomic E-state index is 12.5. The highest BCUT2D eigenvalue weighted by molar-refractivity contribution is 7.09. The van der Waals surface area contributed by atoms with Crippen molar-refractivity contribution in [1.29, 1.82) is 0 Å². The van der Waals surface area contributed by atoms with Crippen molar-refractivity contribution in [3.8, 4) is 0 Å². The third-order valence-corrected chi connectivity index (χ3v) is 5.62. The zero-order valence-electron chi connectivity index (χ0n) is 22.5. The van der Waals surface area contributed by atoms with Crippen LogP contribution in [0.1, 0.15) is 56.5 Å². The minimum absolute atomic E-state index is 0.253. The summed E-state index contributed by atoms with van der Waals surface area (Å²) in [6.45, 7) is 10.5. The molecule has 0 spiro atoms. The molecule has 1 aromatic heterocycles. The van der Waals surface area contributed by atoms with Crippen molar-refractivity contribution >= 4 is 23.3 Å². The summed E-state index contributed by atoms with van der Waals surface area (Å²) in [4.78, 5) is 30.9. The van der Waals surface area contributed by atoms with Crippen molar-refractivity contribution in [2.24, 2.45) is 0 Å². The molecule has 0 aliphatic carbocycles. The van der Waals surface area contributed by atoms with Crippen LogP contribution >= 0.6 is 11.3 Å². The Morgan fingerprint density at radius 3 is 2.50 bits per heavy atom. The number of esters is 2. The molecule has 8 heteroatoms. The van der Waals surface area contributed by atoms with E-state index in [2.05, 4.69) is 16.0 Å². The Balaban J connectivity index is 3.02. The highest BCUT2D eigenvalue weighted by Gasteiger charge is 2.17. The first-order valence-electron chi connectivity index (χ1n) is 12.0. The van der Waals surface area contributed by atoms with Gasteiger partial charge >= 0.3 is 11.9 Å². The number of carbonyl (C=O) groups is 2. The van der Waals surface area contributed by atoms with Crippen molar-refractivity contribution in [1.82, 2.24) is 9.88 Å². The van der Waals surface area contributed by atoms with Gasteiger partial charge in [-0.25, -0.2) is 14.6 Å². The number of carbonyl (C=O) groups excluding carboxylic acids is 2. The van der Waals surface area contributed by atoms with Gasteiger partial charge in [0.05, 0.1) is 17.7 Å². The summed E-state index contributed by atoms with van der Waals surface area (Å²) in [6.07, 6.45) is 12.6. The molecule has 7 nitrogen and oxygen atoms in total. The van der Waals surface area contributed by atoms with Crippen molar-refractivity contribution in [2.75, 3.05) is 27.2 Å². The van der Waals surface area contributed by atoms with Crippen LogP contribution in [0.15, 0.2) is 64.6 Å². The highest BCUT2D eigenvalue weighted by Crippen LogP contribution is 2.17. The molecular weight excluding hydrogens is 476 g/mol. The van der Waals surface area contributed by atoms with E-state index in [4.69, 9.17) is 9.47 Å². The normalized spacial score (nSPS) is 15.1. The lowest BCUT2D eigenvalue weighted by atomic mass is 10.1. The van der Waals surface area contributed by atoms with Gasteiger partial charge in [0.15, 0.2) is 5.69 Å². The van der Waals surface area contributed by atoms with Gasteiger partial charge in [-0.2, -0.15) is 0 Å². The van der Waals surface area contributed by atoms with Gasteiger partial charge in [0.25, 0.3) is 0 Å². The Hall–Kier alpha value is -2.81. The second-order valence-corrected chi connectivity index (χ2v) is 9.85. The smallest absolute Gasteiger partial charge is 0.357 e. The Morgan fingerprint density at radius 1 is 1.17 bits per heavy atom. The number of thiazole rings is 1. The number of aliphatic hydroxyl groups is 1. The number of allylic oxidation sites excluding steroid dienone is 6. The van der Waals surface area contributed by atoms with Crippen LogP contribution in [0.5, 0.6) is 0 Å². The van der Waals surface area contributed by atoms with E-state index in [0.717, 1.165) is 23.3 Å². The molecule has 1 unspecified atom stereocenters. The fourth-order valence-electron chi connectivity index (χ4n) is 3.03. The van der Waals surface area contributed by atoms with E-state index < -0.39 is 24.1 Å². The molecule has 0 aromatic carbocycles. The molecule has 0 fully saturated rings. The van der Waals surface area contributed by atoms with Crippen LogP contribution in [0, 0.1) is 0 Å². The average Bonchev–Trinajstić information content (AvgIpc) is 3.24. The number of rotatable bonds is 14. The van der Waals surface area contributed by atoms with Crippen molar-refractivity contribution < 1.29 is 24.2 Å². The van der Waals surface area contributed by atoms with Crippen LogP contribution in [0.3, 0.4) is 0 Å². The van der Waals surface area contributed by atoms with E-state index in [-0.39, 0.29) is 12.3 Å². The minimum Gasteiger partial charge on any atom is -0.461 e. The Bertz CT molecular complexity index is 999. The monoisotopic (exact) mass is 516 g/mol. The molecule has 1 N–H and O–H groups in total. The molecule has 1 aromatic rings. The molecule has 0 aliphatic rings. The molecule has 0 amide bonds. The van der Waals surface area contributed by atoms with Gasteiger partial charge in [-0.05, 0) is 61.2 Å². The second-order valence-electron chi connectivity index (χ2n) is 8.91. The maximum atomic E-state index is 12.5. The largest absolute Gasteiger partial charge is 0.461 e. The second kappa shape index (κ2) is 16.8. The molecule has 1 heterocycles. The fraction of sp³-hybridized carbons (Fsp3) is 0.464. The van der Waals surface area contributed by atoms with Gasteiger partial charge in [0.2, 0.25) is 0 Å². The van der Waals surface area contributed by atoms with Gasteiger partial charge in [0, 0.05) is 24.4 Å². The van der Waals surface area contributed by atoms with E-state index in [1.807, 2.05) is 53.1 Å². The van der Waals surface area contributed by atoms with Crippen LogP contribution in [0.4, 0.5) is 0 Å². The Morgan fingerprint density at radius 2 is 1.86 bits per heavy atom. The summed E-state index contributed by atoms with van der Waals surface area (Å²) in [7, 11) is 4.03. The molecule has 0 bridgehead atoms. The average molecular weight is 517 g/mol. The first-order valence-corrected chi connectivity index (χ1v) is 12.9. The van der Waals surface area contributed by atoms with Crippen molar-refractivity contribution in [2.45, 2.75) is 59.7 Å². The third-order valence-electron chi connectivity index (χ3n) is 4.75.